The van der Waals surface area contributed by atoms with Crippen molar-refractivity contribution in [2.24, 2.45) is 5.92 Å². The fourth-order valence-corrected chi connectivity index (χ4v) is 5.64. The second-order valence-corrected chi connectivity index (χ2v) is 9.70. The summed E-state index contributed by atoms with van der Waals surface area (Å²) >= 11 is 0. The highest BCUT2D eigenvalue weighted by molar-refractivity contribution is 5.39. The number of halogens is 5. The van der Waals surface area contributed by atoms with Crippen LogP contribution in [0.15, 0.2) is 42.5 Å². The van der Waals surface area contributed by atoms with Crippen molar-refractivity contribution in [2.75, 3.05) is 19.7 Å². The maximum Gasteiger partial charge on any atom is 0.401 e. The van der Waals surface area contributed by atoms with Crippen LogP contribution in [0.5, 0.6) is 5.75 Å². The van der Waals surface area contributed by atoms with Crippen LogP contribution in [0.3, 0.4) is 0 Å². The first-order valence-corrected chi connectivity index (χ1v) is 11.7. The summed E-state index contributed by atoms with van der Waals surface area (Å²) in [4.78, 5) is 0. The number of rotatable bonds is 7. The van der Waals surface area contributed by atoms with Crippen molar-refractivity contribution in [3.8, 4) is 5.75 Å². The summed E-state index contributed by atoms with van der Waals surface area (Å²) in [6.45, 7) is 3.28. The summed E-state index contributed by atoms with van der Waals surface area (Å²) in [5.74, 6) is -0.547. The molecule has 0 bridgehead atoms. The van der Waals surface area contributed by atoms with Gasteiger partial charge < -0.3 is 14.8 Å². The molecule has 0 radical (unpaired) electrons. The molecule has 2 fully saturated rings. The SMILES string of the molecule is CC(C)Oc1ccc(F)cc1[C@H]1CO[C@]2(CC[C@H](CNCC(F)(F)F)[C@H]2c2ccc(F)cc2)C1. The zero-order valence-corrected chi connectivity index (χ0v) is 19.3. The molecule has 2 aromatic rings. The first-order valence-electron chi connectivity index (χ1n) is 11.7. The predicted octanol–water partition coefficient (Wildman–Crippen LogP) is 6.34. The third-order valence-corrected chi connectivity index (χ3v) is 6.88. The molecule has 8 heteroatoms. The number of hydrogen-bond acceptors (Lipinski definition) is 3. The van der Waals surface area contributed by atoms with Crippen LogP contribution < -0.4 is 10.1 Å². The molecule has 34 heavy (non-hydrogen) atoms. The average molecular weight is 484 g/mol. The zero-order valence-electron chi connectivity index (χ0n) is 19.3. The fraction of sp³-hybridized carbons (Fsp3) is 0.538. The minimum absolute atomic E-state index is 0.0805. The Morgan fingerprint density at radius 3 is 2.47 bits per heavy atom. The molecule has 1 N–H and O–H groups in total. The Morgan fingerprint density at radius 1 is 1.09 bits per heavy atom. The highest BCUT2D eigenvalue weighted by atomic mass is 19.4. The number of alkyl halides is 3. The topological polar surface area (TPSA) is 30.5 Å². The summed E-state index contributed by atoms with van der Waals surface area (Å²) < 4.78 is 78.3. The lowest BCUT2D eigenvalue weighted by molar-refractivity contribution is -0.125. The second-order valence-electron chi connectivity index (χ2n) is 9.70. The fourth-order valence-electron chi connectivity index (χ4n) is 5.64. The molecule has 186 valence electrons. The molecule has 1 saturated carbocycles. The Balaban J connectivity index is 1.61. The van der Waals surface area contributed by atoms with E-state index in [1.54, 1.807) is 18.2 Å². The van der Waals surface area contributed by atoms with E-state index in [1.807, 2.05) is 13.8 Å². The van der Waals surface area contributed by atoms with Crippen molar-refractivity contribution < 1.29 is 31.4 Å². The van der Waals surface area contributed by atoms with Gasteiger partial charge in [-0.15, -0.1) is 0 Å². The van der Waals surface area contributed by atoms with Crippen molar-refractivity contribution in [1.29, 1.82) is 0 Å². The minimum Gasteiger partial charge on any atom is -0.491 e. The van der Waals surface area contributed by atoms with Crippen molar-refractivity contribution in [3.05, 3.63) is 65.2 Å². The highest BCUT2D eigenvalue weighted by Crippen LogP contribution is 2.57. The van der Waals surface area contributed by atoms with Gasteiger partial charge in [0.2, 0.25) is 0 Å². The molecule has 4 atom stereocenters. The van der Waals surface area contributed by atoms with Gasteiger partial charge in [-0.05, 0) is 81.5 Å². The minimum atomic E-state index is -4.29. The van der Waals surface area contributed by atoms with E-state index in [2.05, 4.69) is 5.32 Å². The lowest BCUT2D eigenvalue weighted by Crippen LogP contribution is -2.38. The van der Waals surface area contributed by atoms with Gasteiger partial charge in [-0.25, -0.2) is 8.78 Å². The molecular formula is C26H30F5NO2. The molecule has 1 saturated heterocycles. The van der Waals surface area contributed by atoms with Gasteiger partial charge in [0.15, 0.2) is 0 Å². The third-order valence-electron chi connectivity index (χ3n) is 6.88. The molecule has 0 amide bonds. The maximum atomic E-state index is 14.2. The van der Waals surface area contributed by atoms with E-state index >= 15 is 0 Å². The van der Waals surface area contributed by atoms with Crippen molar-refractivity contribution in [2.45, 2.75) is 62.8 Å². The van der Waals surface area contributed by atoms with E-state index in [9.17, 15) is 22.0 Å². The van der Waals surface area contributed by atoms with Crippen LogP contribution in [0.4, 0.5) is 22.0 Å². The first-order chi connectivity index (χ1) is 16.1. The largest absolute Gasteiger partial charge is 0.491 e. The lowest BCUT2D eigenvalue weighted by atomic mass is 9.76. The maximum absolute atomic E-state index is 14.2. The summed E-state index contributed by atoms with van der Waals surface area (Å²) in [6.07, 6.45) is -2.44. The number of hydrogen-bond donors (Lipinski definition) is 1. The van der Waals surface area contributed by atoms with Gasteiger partial charge in [-0.3, -0.25) is 0 Å². The molecule has 4 rings (SSSR count). The summed E-state index contributed by atoms with van der Waals surface area (Å²) in [5, 5.41) is 2.54. The summed E-state index contributed by atoms with van der Waals surface area (Å²) in [5.41, 5.74) is 0.965. The molecule has 1 aliphatic heterocycles. The Bertz CT molecular complexity index is 978. The third kappa shape index (κ3) is 5.54. The number of benzene rings is 2. The van der Waals surface area contributed by atoms with Gasteiger partial charge in [0.25, 0.3) is 0 Å². The van der Waals surface area contributed by atoms with Gasteiger partial charge in [0.1, 0.15) is 17.4 Å². The zero-order chi connectivity index (χ0) is 24.5. The molecule has 0 unspecified atom stereocenters. The van der Waals surface area contributed by atoms with Crippen molar-refractivity contribution in [1.82, 2.24) is 5.32 Å². The van der Waals surface area contributed by atoms with Crippen LogP contribution in [-0.4, -0.2) is 37.6 Å². The molecule has 1 heterocycles. The van der Waals surface area contributed by atoms with E-state index in [1.165, 1.54) is 24.3 Å². The van der Waals surface area contributed by atoms with Crippen LogP contribution in [0.25, 0.3) is 0 Å². The van der Waals surface area contributed by atoms with Crippen molar-refractivity contribution >= 4 is 0 Å². The Hall–Kier alpha value is -2.19. The van der Waals surface area contributed by atoms with Crippen LogP contribution >= 0.6 is 0 Å². The Kier molecular flexibility index (Phi) is 7.20. The summed E-state index contributed by atoms with van der Waals surface area (Å²) in [7, 11) is 0. The standard InChI is InChI=1S/C26H30F5NO2/c1-16(2)34-23-8-7-21(28)11-22(23)19-12-25(33-14-19)10-9-18(13-32-15-26(29,30)31)24(25)17-3-5-20(27)6-4-17/h3-8,11,16,18-19,24,32H,9-10,12-15H2,1-2H3/t18-,19-,24-,25-/m1/s1. The average Bonchev–Trinajstić information content (AvgIpc) is 3.33. The number of ether oxygens (including phenoxy) is 2. The van der Waals surface area contributed by atoms with E-state index in [0.29, 0.717) is 31.6 Å². The molecule has 2 aliphatic rings. The Labute approximate surface area is 196 Å². The smallest absolute Gasteiger partial charge is 0.401 e. The van der Waals surface area contributed by atoms with Gasteiger partial charge in [-0.2, -0.15) is 13.2 Å². The van der Waals surface area contributed by atoms with Crippen LogP contribution in [0.1, 0.15) is 56.1 Å². The number of nitrogens with one attached hydrogen (secondary N) is 1. The highest BCUT2D eigenvalue weighted by Gasteiger charge is 2.54. The van der Waals surface area contributed by atoms with Crippen molar-refractivity contribution in [3.63, 3.8) is 0 Å². The van der Waals surface area contributed by atoms with E-state index in [0.717, 1.165) is 11.1 Å². The Morgan fingerprint density at radius 2 is 1.79 bits per heavy atom. The van der Waals surface area contributed by atoms with Gasteiger partial charge in [-0.1, -0.05) is 12.1 Å². The normalized spacial score (nSPS) is 27.1. The first kappa shape index (κ1) is 24.9. The molecule has 3 nitrogen and oxygen atoms in total. The molecule has 2 aromatic carbocycles. The monoisotopic (exact) mass is 483 g/mol. The van der Waals surface area contributed by atoms with Crippen LogP contribution in [-0.2, 0) is 4.74 Å². The van der Waals surface area contributed by atoms with E-state index in [4.69, 9.17) is 9.47 Å². The lowest BCUT2D eigenvalue weighted by Gasteiger charge is -2.34. The molecule has 0 aromatic heterocycles. The summed E-state index contributed by atoms with van der Waals surface area (Å²) in [6, 6.07) is 10.6. The molecular weight excluding hydrogens is 453 g/mol. The van der Waals surface area contributed by atoms with E-state index in [-0.39, 0.29) is 42.0 Å². The molecule has 1 aliphatic carbocycles. The quantitative estimate of drug-likeness (QED) is 0.466. The predicted molar refractivity (Wildman–Crippen MR) is 119 cm³/mol. The van der Waals surface area contributed by atoms with Gasteiger partial charge in [0, 0.05) is 17.4 Å². The molecule has 1 spiro atoms. The van der Waals surface area contributed by atoms with Crippen LogP contribution in [0, 0.1) is 17.6 Å². The van der Waals surface area contributed by atoms with E-state index < -0.39 is 18.3 Å². The van der Waals surface area contributed by atoms with Gasteiger partial charge in [0.05, 0.1) is 24.9 Å². The van der Waals surface area contributed by atoms with Gasteiger partial charge >= 0.3 is 6.18 Å². The second kappa shape index (κ2) is 9.82. The van der Waals surface area contributed by atoms with Crippen LogP contribution in [0.2, 0.25) is 0 Å².